The van der Waals surface area contributed by atoms with E-state index in [4.69, 9.17) is 21.1 Å². The standard InChI is InChI=1S/C20H19ClN4O3S/c1-27-17-7-6-13(9-16(17)21)10-23-18-15(11-24-20(25-18)29-2)19(26)28-12-14-5-3-4-8-22-14/h3-9,11H,10,12H2,1-2H3,(H,23,24,25). The van der Waals surface area contributed by atoms with Crippen molar-refractivity contribution in [1.82, 2.24) is 15.0 Å². The summed E-state index contributed by atoms with van der Waals surface area (Å²) in [5, 5.41) is 4.22. The lowest BCUT2D eigenvalue weighted by Gasteiger charge is -2.12. The molecule has 0 fully saturated rings. The Morgan fingerprint density at radius 3 is 2.79 bits per heavy atom. The number of thioether (sulfide) groups is 1. The van der Waals surface area contributed by atoms with E-state index in [1.807, 2.05) is 18.4 Å². The van der Waals surface area contributed by atoms with Gasteiger partial charge in [-0.15, -0.1) is 0 Å². The molecule has 0 aliphatic heterocycles. The van der Waals surface area contributed by atoms with E-state index in [9.17, 15) is 4.79 Å². The summed E-state index contributed by atoms with van der Waals surface area (Å²) in [6.45, 7) is 0.479. The lowest BCUT2D eigenvalue weighted by atomic mass is 10.2. The molecule has 0 aliphatic rings. The number of esters is 1. The average molecular weight is 431 g/mol. The van der Waals surface area contributed by atoms with Crippen LogP contribution in [0.1, 0.15) is 21.6 Å². The maximum atomic E-state index is 12.6. The molecule has 0 atom stereocenters. The number of anilines is 1. The molecule has 0 saturated heterocycles. The highest BCUT2D eigenvalue weighted by atomic mass is 35.5. The van der Waals surface area contributed by atoms with E-state index < -0.39 is 5.97 Å². The number of nitrogens with zero attached hydrogens (tertiary/aromatic N) is 3. The fourth-order valence-electron chi connectivity index (χ4n) is 2.45. The van der Waals surface area contributed by atoms with E-state index in [-0.39, 0.29) is 12.2 Å². The maximum absolute atomic E-state index is 12.6. The van der Waals surface area contributed by atoms with Crippen LogP contribution < -0.4 is 10.1 Å². The van der Waals surface area contributed by atoms with E-state index >= 15 is 0 Å². The molecule has 3 aromatic rings. The third-order valence-corrected chi connectivity index (χ3v) is 4.78. The predicted molar refractivity (Wildman–Crippen MR) is 113 cm³/mol. The highest BCUT2D eigenvalue weighted by Gasteiger charge is 2.17. The Morgan fingerprint density at radius 1 is 1.24 bits per heavy atom. The maximum Gasteiger partial charge on any atom is 0.343 e. The van der Waals surface area contributed by atoms with Gasteiger partial charge in [0.2, 0.25) is 0 Å². The molecule has 0 saturated carbocycles. The van der Waals surface area contributed by atoms with E-state index in [0.29, 0.717) is 34.0 Å². The molecule has 9 heteroatoms. The van der Waals surface area contributed by atoms with Gasteiger partial charge in [0, 0.05) is 18.9 Å². The van der Waals surface area contributed by atoms with Gasteiger partial charge in [0.05, 0.1) is 17.8 Å². The minimum atomic E-state index is -0.529. The highest BCUT2D eigenvalue weighted by molar-refractivity contribution is 7.98. The third-order valence-electron chi connectivity index (χ3n) is 3.92. The van der Waals surface area contributed by atoms with Gasteiger partial charge in [-0.3, -0.25) is 4.98 Å². The number of carbonyl (C=O) groups is 1. The number of halogens is 1. The molecule has 3 rings (SSSR count). The van der Waals surface area contributed by atoms with Crippen molar-refractivity contribution in [3.8, 4) is 5.75 Å². The largest absolute Gasteiger partial charge is 0.495 e. The molecular formula is C20H19ClN4O3S. The predicted octanol–water partition coefficient (Wildman–Crippen LogP) is 4.22. The molecule has 2 aromatic heterocycles. The van der Waals surface area contributed by atoms with Crippen molar-refractivity contribution in [3.63, 3.8) is 0 Å². The number of nitrogens with one attached hydrogen (secondary N) is 1. The fourth-order valence-corrected chi connectivity index (χ4v) is 3.08. The Hall–Kier alpha value is -2.84. The molecule has 7 nitrogen and oxygen atoms in total. The molecule has 0 aliphatic carbocycles. The Balaban J connectivity index is 1.74. The van der Waals surface area contributed by atoms with Gasteiger partial charge in [-0.25, -0.2) is 14.8 Å². The molecule has 29 heavy (non-hydrogen) atoms. The topological polar surface area (TPSA) is 86.2 Å². The van der Waals surface area contributed by atoms with Crippen molar-refractivity contribution >= 4 is 35.1 Å². The van der Waals surface area contributed by atoms with Crippen LogP contribution in [0.5, 0.6) is 5.75 Å². The smallest absolute Gasteiger partial charge is 0.343 e. The minimum absolute atomic E-state index is 0.0669. The Morgan fingerprint density at radius 2 is 2.10 bits per heavy atom. The molecule has 0 amide bonds. The van der Waals surface area contributed by atoms with E-state index in [1.54, 1.807) is 37.6 Å². The zero-order valence-electron chi connectivity index (χ0n) is 15.9. The molecule has 150 valence electrons. The summed E-state index contributed by atoms with van der Waals surface area (Å²) < 4.78 is 10.5. The van der Waals surface area contributed by atoms with Crippen LogP contribution in [-0.2, 0) is 17.9 Å². The Kier molecular flexibility index (Phi) is 7.26. The summed E-state index contributed by atoms with van der Waals surface area (Å²) in [5.41, 5.74) is 1.82. The Bertz CT molecular complexity index is 989. The lowest BCUT2D eigenvalue weighted by Crippen LogP contribution is -2.13. The number of ether oxygens (including phenoxy) is 2. The number of benzene rings is 1. The molecule has 0 unspecified atom stereocenters. The van der Waals surface area contributed by atoms with Gasteiger partial charge in [-0.1, -0.05) is 35.5 Å². The van der Waals surface area contributed by atoms with Crippen LogP contribution in [0.25, 0.3) is 0 Å². The summed E-state index contributed by atoms with van der Waals surface area (Å²) in [4.78, 5) is 25.3. The van der Waals surface area contributed by atoms with Gasteiger partial charge in [0.15, 0.2) is 5.16 Å². The zero-order chi connectivity index (χ0) is 20.6. The number of hydrogen-bond donors (Lipinski definition) is 1. The van der Waals surface area contributed by atoms with Gasteiger partial charge in [-0.05, 0) is 36.1 Å². The second kappa shape index (κ2) is 10.1. The number of carbonyl (C=O) groups excluding carboxylic acids is 1. The first kappa shape index (κ1) is 20.9. The molecule has 1 aromatic carbocycles. The molecular weight excluding hydrogens is 412 g/mol. The normalized spacial score (nSPS) is 10.4. The quantitative estimate of drug-likeness (QED) is 0.323. The number of hydrogen-bond acceptors (Lipinski definition) is 8. The minimum Gasteiger partial charge on any atom is -0.495 e. The van der Waals surface area contributed by atoms with Crippen LogP contribution in [0.15, 0.2) is 53.9 Å². The van der Waals surface area contributed by atoms with E-state index in [0.717, 1.165) is 5.56 Å². The third kappa shape index (κ3) is 5.58. The Labute approximate surface area is 177 Å². The summed E-state index contributed by atoms with van der Waals surface area (Å²) in [6, 6.07) is 10.9. The van der Waals surface area contributed by atoms with Crippen LogP contribution in [0.2, 0.25) is 5.02 Å². The molecule has 0 radical (unpaired) electrons. The first-order chi connectivity index (χ1) is 14.1. The second-order valence-electron chi connectivity index (χ2n) is 5.84. The molecule has 0 bridgehead atoms. The monoisotopic (exact) mass is 430 g/mol. The number of pyridine rings is 1. The summed E-state index contributed by atoms with van der Waals surface area (Å²) in [7, 11) is 1.56. The second-order valence-corrected chi connectivity index (χ2v) is 7.02. The first-order valence-corrected chi connectivity index (χ1v) is 10.3. The first-order valence-electron chi connectivity index (χ1n) is 8.65. The van der Waals surface area contributed by atoms with Crippen LogP contribution >= 0.6 is 23.4 Å². The zero-order valence-corrected chi connectivity index (χ0v) is 17.5. The van der Waals surface area contributed by atoms with E-state index in [2.05, 4.69) is 20.3 Å². The number of rotatable bonds is 8. The van der Waals surface area contributed by atoms with Crippen molar-refractivity contribution in [1.29, 1.82) is 0 Å². The summed E-state index contributed by atoms with van der Waals surface area (Å²) in [6.07, 6.45) is 4.97. The van der Waals surface area contributed by atoms with Gasteiger partial charge in [0.25, 0.3) is 0 Å². The van der Waals surface area contributed by atoms with Crippen LogP contribution in [0.3, 0.4) is 0 Å². The van der Waals surface area contributed by atoms with Crippen molar-refractivity contribution < 1.29 is 14.3 Å². The average Bonchev–Trinajstić information content (AvgIpc) is 2.76. The van der Waals surface area contributed by atoms with Crippen LogP contribution in [0, 0.1) is 0 Å². The molecule has 0 spiro atoms. The SMILES string of the molecule is COc1ccc(CNc2nc(SC)ncc2C(=O)OCc2ccccn2)cc1Cl. The summed E-state index contributed by atoms with van der Waals surface area (Å²) in [5.74, 6) is 0.460. The van der Waals surface area contributed by atoms with E-state index in [1.165, 1.54) is 18.0 Å². The van der Waals surface area contributed by atoms with Gasteiger partial charge < -0.3 is 14.8 Å². The number of methoxy groups -OCH3 is 1. The van der Waals surface area contributed by atoms with Crippen LogP contribution in [0.4, 0.5) is 5.82 Å². The van der Waals surface area contributed by atoms with Gasteiger partial charge in [-0.2, -0.15) is 0 Å². The van der Waals surface area contributed by atoms with Crippen LogP contribution in [-0.4, -0.2) is 34.3 Å². The highest BCUT2D eigenvalue weighted by Crippen LogP contribution is 2.26. The van der Waals surface area contributed by atoms with Crippen molar-refractivity contribution in [2.24, 2.45) is 0 Å². The number of aromatic nitrogens is 3. The molecule has 1 N–H and O–H groups in total. The summed E-state index contributed by atoms with van der Waals surface area (Å²) >= 11 is 7.56. The fraction of sp³-hybridized carbons (Fsp3) is 0.200. The molecule has 2 heterocycles. The van der Waals surface area contributed by atoms with Gasteiger partial charge in [0.1, 0.15) is 23.7 Å². The van der Waals surface area contributed by atoms with Crippen molar-refractivity contribution in [3.05, 3.63) is 70.6 Å². The van der Waals surface area contributed by atoms with Crippen molar-refractivity contribution in [2.45, 2.75) is 18.3 Å². The van der Waals surface area contributed by atoms with Gasteiger partial charge >= 0.3 is 5.97 Å². The lowest BCUT2D eigenvalue weighted by molar-refractivity contribution is 0.0467. The van der Waals surface area contributed by atoms with Crippen molar-refractivity contribution in [2.75, 3.05) is 18.7 Å².